The van der Waals surface area contributed by atoms with E-state index in [1.807, 2.05) is 0 Å². The molecule has 2 nitrogen and oxygen atoms in total. The standard InChI is InChI=1S/C11H20N2/c12-4-1-5-13-11-9-7-2-3-8(6-7)10(9)11/h7-11,13H,1-6,12H2. The molecule has 0 aromatic carbocycles. The van der Waals surface area contributed by atoms with Crippen LogP contribution in [-0.2, 0) is 0 Å². The Kier molecular flexibility index (Phi) is 1.88. The van der Waals surface area contributed by atoms with Gasteiger partial charge in [-0.3, -0.25) is 0 Å². The van der Waals surface area contributed by atoms with Crippen LogP contribution < -0.4 is 11.1 Å². The highest BCUT2D eigenvalue weighted by molar-refractivity contribution is 5.16. The van der Waals surface area contributed by atoms with E-state index in [1.165, 1.54) is 12.8 Å². The summed E-state index contributed by atoms with van der Waals surface area (Å²) in [4.78, 5) is 0. The van der Waals surface area contributed by atoms with Crippen LogP contribution in [0.2, 0.25) is 0 Å². The summed E-state index contributed by atoms with van der Waals surface area (Å²) in [6.07, 6.45) is 5.76. The largest absolute Gasteiger partial charge is 0.330 e. The summed E-state index contributed by atoms with van der Waals surface area (Å²) in [5.74, 6) is 4.36. The van der Waals surface area contributed by atoms with Crippen LogP contribution in [0.5, 0.6) is 0 Å². The quantitative estimate of drug-likeness (QED) is 0.633. The molecule has 0 heterocycles. The van der Waals surface area contributed by atoms with E-state index in [1.54, 1.807) is 6.42 Å². The molecule has 3 saturated carbocycles. The van der Waals surface area contributed by atoms with E-state index in [2.05, 4.69) is 5.32 Å². The predicted molar refractivity (Wildman–Crippen MR) is 53.3 cm³/mol. The van der Waals surface area contributed by atoms with Gasteiger partial charge >= 0.3 is 0 Å². The SMILES string of the molecule is NCCCNC1C2C3CCC(C3)C12. The summed E-state index contributed by atoms with van der Waals surface area (Å²) >= 11 is 0. The first-order valence-corrected chi connectivity index (χ1v) is 5.85. The number of nitrogens with two attached hydrogens (primary N) is 1. The Morgan fingerprint density at radius 1 is 1.15 bits per heavy atom. The molecule has 4 unspecified atom stereocenters. The highest BCUT2D eigenvalue weighted by Crippen LogP contribution is 2.65. The van der Waals surface area contributed by atoms with Crippen LogP contribution in [0.25, 0.3) is 0 Å². The van der Waals surface area contributed by atoms with Crippen LogP contribution in [0, 0.1) is 23.7 Å². The van der Waals surface area contributed by atoms with Crippen LogP contribution in [-0.4, -0.2) is 19.1 Å². The molecule has 0 radical (unpaired) electrons. The number of rotatable bonds is 4. The second-order valence-corrected chi connectivity index (χ2v) is 5.11. The lowest BCUT2D eigenvalue weighted by Crippen LogP contribution is -2.25. The molecule has 3 aliphatic carbocycles. The van der Waals surface area contributed by atoms with Crippen LogP contribution in [0.3, 0.4) is 0 Å². The first-order valence-electron chi connectivity index (χ1n) is 5.85. The topological polar surface area (TPSA) is 38.0 Å². The van der Waals surface area contributed by atoms with Crippen LogP contribution >= 0.6 is 0 Å². The Morgan fingerprint density at radius 2 is 1.85 bits per heavy atom. The molecule has 13 heavy (non-hydrogen) atoms. The fraction of sp³-hybridized carbons (Fsp3) is 1.00. The predicted octanol–water partition coefficient (Wildman–Crippen LogP) is 0.969. The normalized spacial score (nSPS) is 51.0. The Balaban J connectivity index is 1.50. The van der Waals surface area contributed by atoms with Crippen molar-refractivity contribution in [1.29, 1.82) is 0 Å². The zero-order valence-corrected chi connectivity index (χ0v) is 8.21. The van der Waals surface area contributed by atoms with Gasteiger partial charge in [-0.25, -0.2) is 0 Å². The summed E-state index contributed by atoms with van der Waals surface area (Å²) in [5.41, 5.74) is 5.48. The van der Waals surface area contributed by atoms with Gasteiger partial charge in [-0.2, -0.15) is 0 Å². The van der Waals surface area contributed by atoms with Crippen molar-refractivity contribution in [3.63, 3.8) is 0 Å². The lowest BCUT2D eigenvalue weighted by atomic mass is 10.0. The van der Waals surface area contributed by atoms with Gasteiger partial charge in [-0.05, 0) is 62.4 Å². The number of hydrogen-bond donors (Lipinski definition) is 2. The molecule has 0 aromatic rings. The molecule has 74 valence electrons. The zero-order valence-electron chi connectivity index (χ0n) is 8.21. The molecular formula is C11H20N2. The maximum Gasteiger partial charge on any atom is 0.0136 e. The molecule has 3 rings (SSSR count). The van der Waals surface area contributed by atoms with Crippen molar-refractivity contribution in [2.45, 2.75) is 31.7 Å². The molecular weight excluding hydrogens is 160 g/mol. The van der Waals surface area contributed by atoms with Crippen molar-refractivity contribution in [2.24, 2.45) is 29.4 Å². The van der Waals surface area contributed by atoms with Gasteiger partial charge in [0.2, 0.25) is 0 Å². The molecule has 2 bridgehead atoms. The van der Waals surface area contributed by atoms with Crippen molar-refractivity contribution in [3.8, 4) is 0 Å². The number of hydrogen-bond acceptors (Lipinski definition) is 2. The van der Waals surface area contributed by atoms with Gasteiger partial charge < -0.3 is 11.1 Å². The van der Waals surface area contributed by atoms with Gasteiger partial charge in [0.1, 0.15) is 0 Å². The molecule has 0 amide bonds. The van der Waals surface area contributed by atoms with E-state index in [0.717, 1.165) is 49.2 Å². The highest BCUT2D eigenvalue weighted by Gasteiger charge is 2.64. The van der Waals surface area contributed by atoms with E-state index in [-0.39, 0.29) is 0 Å². The molecule has 0 spiro atoms. The molecule has 4 atom stereocenters. The molecule has 2 heteroatoms. The van der Waals surface area contributed by atoms with Crippen LogP contribution in [0.4, 0.5) is 0 Å². The van der Waals surface area contributed by atoms with Gasteiger partial charge in [0, 0.05) is 6.04 Å². The van der Waals surface area contributed by atoms with Gasteiger partial charge in [0.05, 0.1) is 0 Å². The minimum absolute atomic E-state index is 0.835. The van der Waals surface area contributed by atoms with Crippen LogP contribution in [0.15, 0.2) is 0 Å². The average molecular weight is 180 g/mol. The van der Waals surface area contributed by atoms with Crippen molar-refractivity contribution in [2.75, 3.05) is 13.1 Å². The smallest absolute Gasteiger partial charge is 0.0136 e. The fourth-order valence-electron chi connectivity index (χ4n) is 3.97. The molecule has 3 N–H and O–H groups in total. The summed E-state index contributed by atoms with van der Waals surface area (Å²) in [6, 6.07) is 0.901. The fourth-order valence-corrected chi connectivity index (χ4v) is 3.97. The first kappa shape index (κ1) is 8.25. The lowest BCUT2D eigenvalue weighted by Gasteiger charge is -2.09. The Hall–Kier alpha value is -0.0800. The maximum atomic E-state index is 5.48. The van der Waals surface area contributed by atoms with E-state index in [0.29, 0.717) is 0 Å². The summed E-state index contributed by atoms with van der Waals surface area (Å²) in [6.45, 7) is 1.98. The van der Waals surface area contributed by atoms with Gasteiger partial charge in [-0.15, -0.1) is 0 Å². The van der Waals surface area contributed by atoms with E-state index >= 15 is 0 Å². The van der Waals surface area contributed by atoms with Crippen molar-refractivity contribution in [3.05, 3.63) is 0 Å². The molecule has 0 aliphatic heterocycles. The summed E-state index contributed by atoms with van der Waals surface area (Å²) < 4.78 is 0. The minimum Gasteiger partial charge on any atom is -0.330 e. The van der Waals surface area contributed by atoms with Gasteiger partial charge in [0.15, 0.2) is 0 Å². The van der Waals surface area contributed by atoms with Crippen molar-refractivity contribution < 1.29 is 0 Å². The van der Waals surface area contributed by atoms with E-state index < -0.39 is 0 Å². The highest BCUT2D eigenvalue weighted by atomic mass is 15.0. The van der Waals surface area contributed by atoms with Crippen molar-refractivity contribution >= 4 is 0 Å². The minimum atomic E-state index is 0.835. The third kappa shape index (κ3) is 1.15. The third-order valence-corrected chi connectivity index (χ3v) is 4.50. The molecule has 0 aromatic heterocycles. The monoisotopic (exact) mass is 180 g/mol. The van der Waals surface area contributed by atoms with Crippen LogP contribution in [0.1, 0.15) is 25.7 Å². The first-order chi connectivity index (χ1) is 6.42. The second kappa shape index (κ2) is 2.96. The second-order valence-electron chi connectivity index (χ2n) is 5.11. The molecule has 0 saturated heterocycles. The molecule has 3 fully saturated rings. The van der Waals surface area contributed by atoms with E-state index in [9.17, 15) is 0 Å². The van der Waals surface area contributed by atoms with Gasteiger partial charge in [0.25, 0.3) is 0 Å². The number of nitrogens with one attached hydrogen (secondary N) is 1. The third-order valence-electron chi connectivity index (χ3n) is 4.50. The summed E-state index contributed by atoms with van der Waals surface area (Å²) in [5, 5.41) is 3.68. The zero-order chi connectivity index (χ0) is 8.84. The van der Waals surface area contributed by atoms with E-state index in [4.69, 9.17) is 5.73 Å². The molecule has 3 aliphatic rings. The van der Waals surface area contributed by atoms with Crippen molar-refractivity contribution in [1.82, 2.24) is 5.32 Å². The maximum absolute atomic E-state index is 5.48. The average Bonchev–Trinajstić information content (AvgIpc) is 2.58. The Labute approximate surface area is 80.3 Å². The summed E-state index contributed by atoms with van der Waals surface area (Å²) in [7, 11) is 0. The van der Waals surface area contributed by atoms with Gasteiger partial charge in [-0.1, -0.05) is 0 Å². The number of fused-ring (bicyclic) bond motifs is 5. The Morgan fingerprint density at radius 3 is 2.46 bits per heavy atom. The lowest BCUT2D eigenvalue weighted by molar-refractivity contribution is 0.456. The Bertz CT molecular complexity index is 188.